The number of carbonyl (C=O) groups is 2. The summed E-state index contributed by atoms with van der Waals surface area (Å²) < 4.78 is 2.01. The molecule has 2 aromatic heterocycles. The molecule has 0 bridgehead atoms. The van der Waals surface area contributed by atoms with Gasteiger partial charge < -0.3 is 14.8 Å². The molecule has 2 aromatic carbocycles. The van der Waals surface area contributed by atoms with E-state index in [0.717, 1.165) is 16.5 Å². The average molecular weight is 441 g/mol. The Labute approximate surface area is 193 Å². The normalized spacial score (nSPS) is 11.8. The maximum absolute atomic E-state index is 13.5. The highest BCUT2D eigenvalue weighted by Crippen LogP contribution is 2.22. The summed E-state index contributed by atoms with van der Waals surface area (Å²) in [5.74, 6) is -0.235. The van der Waals surface area contributed by atoms with Gasteiger partial charge in [0.15, 0.2) is 0 Å². The van der Waals surface area contributed by atoms with Crippen LogP contribution in [0.2, 0.25) is 0 Å². The summed E-state index contributed by atoms with van der Waals surface area (Å²) in [6, 6.07) is 23.1. The Bertz CT molecular complexity index is 1230. The number of hydrogen-bond donors (Lipinski definition) is 1. The van der Waals surface area contributed by atoms with Crippen LogP contribution in [-0.4, -0.2) is 45.9 Å². The maximum Gasteiger partial charge on any atom is 0.269 e. The molecule has 0 radical (unpaired) electrons. The molecule has 6 heteroatoms. The highest BCUT2D eigenvalue weighted by Gasteiger charge is 2.23. The van der Waals surface area contributed by atoms with Crippen molar-refractivity contribution in [3.05, 3.63) is 102 Å². The van der Waals surface area contributed by atoms with Gasteiger partial charge in [-0.1, -0.05) is 42.5 Å². The Morgan fingerprint density at radius 1 is 1.00 bits per heavy atom. The summed E-state index contributed by atoms with van der Waals surface area (Å²) in [4.78, 5) is 31.8. The van der Waals surface area contributed by atoms with Gasteiger partial charge in [0.25, 0.3) is 11.8 Å². The van der Waals surface area contributed by atoms with E-state index in [4.69, 9.17) is 0 Å². The summed E-state index contributed by atoms with van der Waals surface area (Å²) in [6.45, 7) is 0.445. The third-order valence-electron chi connectivity index (χ3n) is 6.00. The van der Waals surface area contributed by atoms with Crippen molar-refractivity contribution in [1.29, 1.82) is 0 Å². The Morgan fingerprint density at radius 2 is 1.79 bits per heavy atom. The summed E-state index contributed by atoms with van der Waals surface area (Å²) in [5, 5.41) is 3.88. The number of fused-ring (bicyclic) bond motifs is 1. The first-order valence-electron chi connectivity index (χ1n) is 11.1. The molecule has 0 saturated heterocycles. The number of likely N-dealkylation sites (N-methyl/N-ethyl adjacent to an activating group) is 1. The monoisotopic (exact) mass is 440 g/mol. The molecular weight excluding hydrogens is 412 g/mol. The lowest BCUT2D eigenvalue weighted by molar-refractivity contribution is 0.0725. The molecule has 0 aliphatic heterocycles. The molecule has 2 heterocycles. The zero-order valence-corrected chi connectivity index (χ0v) is 18.9. The summed E-state index contributed by atoms with van der Waals surface area (Å²) >= 11 is 0. The quantitative estimate of drug-likeness (QED) is 0.449. The van der Waals surface area contributed by atoms with Crippen LogP contribution in [0.4, 0.5) is 0 Å². The molecule has 6 nitrogen and oxygen atoms in total. The first-order valence-corrected chi connectivity index (χ1v) is 11.1. The number of nitrogens with zero attached hydrogens (tertiary/aromatic N) is 3. The van der Waals surface area contributed by atoms with Crippen molar-refractivity contribution in [2.45, 2.75) is 18.9 Å². The molecule has 1 atom stereocenters. The summed E-state index contributed by atoms with van der Waals surface area (Å²) in [5.41, 5.74) is 3.25. The number of nitrogens with one attached hydrogen (secondary N) is 1. The molecule has 1 unspecified atom stereocenters. The topological polar surface area (TPSA) is 67.2 Å². The van der Waals surface area contributed by atoms with E-state index >= 15 is 0 Å². The Hall–Kier alpha value is -3.93. The highest BCUT2D eigenvalue weighted by molar-refractivity contribution is 6.06. The van der Waals surface area contributed by atoms with E-state index in [-0.39, 0.29) is 17.9 Å². The zero-order valence-electron chi connectivity index (χ0n) is 18.9. The number of amides is 2. The van der Waals surface area contributed by atoms with Gasteiger partial charge in [-0.15, -0.1) is 0 Å². The molecule has 4 aromatic rings. The van der Waals surface area contributed by atoms with Gasteiger partial charge in [0.05, 0.1) is 0 Å². The molecule has 0 aliphatic rings. The largest absolute Gasteiger partial charge is 0.351 e. The van der Waals surface area contributed by atoms with Crippen molar-refractivity contribution in [1.82, 2.24) is 19.8 Å². The van der Waals surface area contributed by atoms with Crippen LogP contribution in [-0.2, 0) is 13.5 Å². The van der Waals surface area contributed by atoms with Crippen LogP contribution in [0.15, 0.2) is 85.2 Å². The van der Waals surface area contributed by atoms with Crippen LogP contribution in [0.1, 0.15) is 32.8 Å². The van der Waals surface area contributed by atoms with Crippen LogP contribution in [0.25, 0.3) is 10.9 Å². The van der Waals surface area contributed by atoms with E-state index in [1.807, 2.05) is 72.2 Å². The number of hydrogen-bond acceptors (Lipinski definition) is 3. The van der Waals surface area contributed by atoms with Crippen LogP contribution in [0.3, 0.4) is 0 Å². The molecule has 0 saturated carbocycles. The van der Waals surface area contributed by atoms with E-state index < -0.39 is 0 Å². The lowest BCUT2D eigenvalue weighted by Gasteiger charge is -2.29. The molecule has 0 aliphatic carbocycles. The van der Waals surface area contributed by atoms with Crippen molar-refractivity contribution < 1.29 is 9.59 Å². The second kappa shape index (κ2) is 10.1. The van der Waals surface area contributed by atoms with Crippen LogP contribution >= 0.6 is 0 Å². The number of pyridine rings is 1. The van der Waals surface area contributed by atoms with Gasteiger partial charge in [0.1, 0.15) is 5.69 Å². The van der Waals surface area contributed by atoms with Gasteiger partial charge >= 0.3 is 0 Å². The first-order chi connectivity index (χ1) is 16.0. The smallest absolute Gasteiger partial charge is 0.269 e. The number of carbonyl (C=O) groups excluding carboxylic acids is 2. The van der Waals surface area contributed by atoms with Crippen molar-refractivity contribution in [2.75, 3.05) is 13.6 Å². The van der Waals surface area contributed by atoms with Gasteiger partial charge in [0, 0.05) is 55.5 Å². The second-order valence-electron chi connectivity index (χ2n) is 8.18. The van der Waals surface area contributed by atoms with Crippen molar-refractivity contribution in [3.8, 4) is 0 Å². The molecule has 0 fully saturated rings. The van der Waals surface area contributed by atoms with Gasteiger partial charge in [0.2, 0.25) is 0 Å². The minimum atomic E-state index is -0.211. The van der Waals surface area contributed by atoms with Crippen LogP contribution < -0.4 is 5.32 Å². The number of aryl methyl sites for hydroxylation is 1. The summed E-state index contributed by atoms with van der Waals surface area (Å²) in [7, 11) is 3.82. The molecular formula is C27H28N4O2. The number of aromatic nitrogens is 2. The second-order valence-corrected chi connectivity index (χ2v) is 8.18. The predicted octanol–water partition coefficient (Wildman–Crippen LogP) is 4.08. The average Bonchev–Trinajstić information content (AvgIpc) is 3.24. The highest BCUT2D eigenvalue weighted by atomic mass is 16.2. The lowest BCUT2D eigenvalue weighted by Crippen LogP contribution is -2.41. The van der Waals surface area contributed by atoms with Crippen molar-refractivity contribution >= 4 is 22.7 Å². The fraction of sp³-hybridized carbons (Fsp3) is 0.222. The fourth-order valence-corrected chi connectivity index (χ4v) is 4.10. The van der Waals surface area contributed by atoms with E-state index in [1.165, 1.54) is 0 Å². The lowest BCUT2D eigenvalue weighted by atomic mass is 10.0. The van der Waals surface area contributed by atoms with E-state index in [9.17, 15) is 9.59 Å². The Kier molecular flexibility index (Phi) is 6.83. The maximum atomic E-state index is 13.5. The molecule has 0 spiro atoms. The minimum absolute atomic E-state index is 0.0243. The summed E-state index contributed by atoms with van der Waals surface area (Å²) in [6.07, 6.45) is 4.90. The Morgan fingerprint density at radius 3 is 2.55 bits per heavy atom. The van der Waals surface area contributed by atoms with Crippen molar-refractivity contribution in [2.24, 2.45) is 7.05 Å². The van der Waals surface area contributed by atoms with Gasteiger partial charge in [-0.3, -0.25) is 14.6 Å². The standard InChI is InChI=1S/C27H28N4O2/c1-30-18-15-22-23(11-8-13-25(22)30)27(33)31(2)21(19-20-9-4-3-5-10-20)14-17-29-26(32)24-12-6-7-16-28-24/h3-13,15-16,18,21H,14,17,19H2,1-2H3,(H,29,32). The van der Waals surface area contributed by atoms with E-state index in [1.54, 1.807) is 24.4 Å². The Balaban J connectivity index is 1.51. The third-order valence-corrected chi connectivity index (χ3v) is 6.00. The zero-order chi connectivity index (χ0) is 23.2. The van der Waals surface area contributed by atoms with Crippen molar-refractivity contribution in [3.63, 3.8) is 0 Å². The molecule has 33 heavy (non-hydrogen) atoms. The van der Waals surface area contributed by atoms with E-state index in [0.29, 0.717) is 30.6 Å². The van der Waals surface area contributed by atoms with Crippen LogP contribution in [0, 0.1) is 0 Å². The van der Waals surface area contributed by atoms with Gasteiger partial charge in [-0.25, -0.2) is 0 Å². The van der Waals surface area contributed by atoms with Crippen LogP contribution in [0.5, 0.6) is 0 Å². The predicted molar refractivity (Wildman–Crippen MR) is 130 cm³/mol. The first kappa shape index (κ1) is 22.3. The minimum Gasteiger partial charge on any atom is -0.351 e. The molecule has 1 N–H and O–H groups in total. The number of benzene rings is 2. The SMILES string of the molecule is CN(C(=O)c1cccc2c1ccn2C)C(CCNC(=O)c1ccccn1)Cc1ccccc1. The number of rotatable bonds is 8. The third kappa shape index (κ3) is 5.12. The molecule has 2 amide bonds. The molecule has 4 rings (SSSR count). The van der Waals surface area contributed by atoms with E-state index in [2.05, 4.69) is 22.4 Å². The fourth-order valence-electron chi connectivity index (χ4n) is 4.10. The van der Waals surface area contributed by atoms with Gasteiger partial charge in [-0.05, 0) is 48.7 Å². The molecule has 168 valence electrons. The van der Waals surface area contributed by atoms with Gasteiger partial charge in [-0.2, -0.15) is 0 Å².